The molecule has 10 rings (SSSR count). The van der Waals surface area contributed by atoms with Crippen molar-refractivity contribution in [2.24, 2.45) is 0 Å². The number of anilines is 6. The van der Waals surface area contributed by atoms with Crippen LogP contribution >= 0.6 is 0 Å². The summed E-state index contributed by atoms with van der Waals surface area (Å²) in [5.74, 6) is 0. The van der Waals surface area contributed by atoms with Crippen LogP contribution < -0.4 is 9.80 Å². The minimum Gasteiger partial charge on any atom is -0.311 e. The number of hydrogen-bond acceptors (Lipinski definition) is 2. The average molecular weight is 730 g/mol. The molecule has 0 spiro atoms. The lowest BCUT2D eigenvalue weighted by Gasteiger charge is -2.26. The maximum atomic E-state index is 2.43. The van der Waals surface area contributed by atoms with Crippen LogP contribution in [0.3, 0.4) is 0 Å². The molecule has 0 amide bonds. The molecule has 1 aromatic heterocycles. The Kier molecular flexibility index (Phi) is 8.86. The molecule has 3 nitrogen and oxygen atoms in total. The van der Waals surface area contributed by atoms with Crippen LogP contribution in [0.2, 0.25) is 0 Å². The molecule has 0 aliphatic carbocycles. The fraction of sp³-hybridized carbons (Fsp3) is 0. The van der Waals surface area contributed by atoms with E-state index in [4.69, 9.17) is 0 Å². The zero-order chi connectivity index (χ0) is 38.0. The molecular weight excluding hydrogens is 691 g/mol. The molecule has 0 unspecified atom stereocenters. The SMILES string of the molecule is c1ccc(N(c2ccccc2)c2ccc(-c3cc(-c4ccc(N(c5ccccc5)c5ccccc5)cc4)c4c(c3)c3ccccc3n4-c3ccccc3)cc2)cc1. The van der Waals surface area contributed by atoms with Crippen molar-refractivity contribution in [3.05, 3.63) is 237 Å². The molecular formula is C54H39N3. The van der Waals surface area contributed by atoms with E-state index in [1.54, 1.807) is 0 Å². The van der Waals surface area contributed by atoms with Gasteiger partial charge in [0.1, 0.15) is 0 Å². The summed E-state index contributed by atoms with van der Waals surface area (Å²) in [5.41, 5.74) is 14.9. The van der Waals surface area contributed by atoms with Crippen LogP contribution in [0.25, 0.3) is 49.7 Å². The summed E-state index contributed by atoms with van der Waals surface area (Å²) in [4.78, 5) is 4.62. The Balaban J connectivity index is 1.15. The van der Waals surface area contributed by atoms with Crippen LogP contribution in [0.5, 0.6) is 0 Å². The van der Waals surface area contributed by atoms with Gasteiger partial charge in [-0.25, -0.2) is 0 Å². The number of fused-ring (bicyclic) bond motifs is 3. The first-order valence-electron chi connectivity index (χ1n) is 19.4. The summed E-state index contributed by atoms with van der Waals surface area (Å²) in [5, 5.41) is 2.45. The smallest absolute Gasteiger partial charge is 0.0619 e. The first-order chi connectivity index (χ1) is 28.3. The van der Waals surface area contributed by atoms with Crippen molar-refractivity contribution in [1.29, 1.82) is 0 Å². The molecule has 0 atom stereocenters. The molecule has 0 saturated carbocycles. The Morgan fingerprint density at radius 1 is 0.281 bits per heavy atom. The summed E-state index contributed by atoms with van der Waals surface area (Å²) in [6.45, 7) is 0. The van der Waals surface area contributed by atoms with Gasteiger partial charge >= 0.3 is 0 Å². The summed E-state index contributed by atoms with van der Waals surface area (Å²) in [7, 11) is 0. The molecule has 0 saturated heterocycles. The predicted octanol–water partition coefficient (Wildman–Crippen LogP) is 15.1. The van der Waals surface area contributed by atoms with Crippen LogP contribution in [-0.4, -0.2) is 4.57 Å². The largest absolute Gasteiger partial charge is 0.311 e. The summed E-state index contributed by atoms with van der Waals surface area (Å²) in [6, 6.07) is 84.6. The zero-order valence-corrected chi connectivity index (χ0v) is 31.4. The van der Waals surface area contributed by atoms with Crippen molar-refractivity contribution >= 4 is 55.9 Å². The Bertz CT molecular complexity index is 2830. The van der Waals surface area contributed by atoms with Gasteiger partial charge in [-0.05, 0) is 120 Å². The molecule has 0 aliphatic rings. The maximum absolute atomic E-state index is 2.43. The van der Waals surface area contributed by atoms with Gasteiger partial charge in [0.2, 0.25) is 0 Å². The van der Waals surface area contributed by atoms with Crippen molar-refractivity contribution in [3.8, 4) is 27.9 Å². The third-order valence-electron chi connectivity index (χ3n) is 10.7. The van der Waals surface area contributed by atoms with Gasteiger partial charge in [-0.3, -0.25) is 0 Å². The molecule has 10 aromatic rings. The third kappa shape index (κ3) is 6.41. The molecule has 270 valence electrons. The highest BCUT2D eigenvalue weighted by molar-refractivity contribution is 6.15. The number of hydrogen-bond donors (Lipinski definition) is 0. The number of rotatable bonds is 9. The second-order valence-electron chi connectivity index (χ2n) is 14.2. The summed E-state index contributed by atoms with van der Waals surface area (Å²) >= 11 is 0. The lowest BCUT2D eigenvalue weighted by atomic mass is 9.95. The fourth-order valence-corrected chi connectivity index (χ4v) is 8.13. The van der Waals surface area contributed by atoms with Crippen LogP contribution in [0, 0.1) is 0 Å². The number of para-hydroxylation sites is 6. The van der Waals surface area contributed by atoms with Gasteiger partial charge in [-0.15, -0.1) is 0 Å². The van der Waals surface area contributed by atoms with Crippen LogP contribution in [0.4, 0.5) is 34.1 Å². The minimum atomic E-state index is 1.10. The van der Waals surface area contributed by atoms with Gasteiger partial charge in [0, 0.05) is 56.1 Å². The highest BCUT2D eigenvalue weighted by Crippen LogP contribution is 2.43. The second kappa shape index (κ2) is 14.9. The third-order valence-corrected chi connectivity index (χ3v) is 10.7. The Morgan fingerprint density at radius 2 is 0.667 bits per heavy atom. The van der Waals surface area contributed by atoms with E-state index in [1.807, 2.05) is 0 Å². The van der Waals surface area contributed by atoms with E-state index in [-0.39, 0.29) is 0 Å². The van der Waals surface area contributed by atoms with Crippen molar-refractivity contribution < 1.29 is 0 Å². The Hall–Kier alpha value is -7.62. The monoisotopic (exact) mass is 729 g/mol. The number of nitrogens with zero attached hydrogens (tertiary/aromatic N) is 3. The van der Waals surface area contributed by atoms with Crippen LogP contribution in [-0.2, 0) is 0 Å². The topological polar surface area (TPSA) is 11.4 Å². The van der Waals surface area contributed by atoms with E-state index in [0.29, 0.717) is 0 Å². The quantitative estimate of drug-likeness (QED) is 0.147. The summed E-state index contributed by atoms with van der Waals surface area (Å²) < 4.78 is 2.43. The maximum Gasteiger partial charge on any atom is 0.0619 e. The highest BCUT2D eigenvalue weighted by atomic mass is 15.1. The first kappa shape index (κ1) is 33.9. The van der Waals surface area contributed by atoms with Gasteiger partial charge < -0.3 is 14.4 Å². The van der Waals surface area contributed by atoms with E-state index in [0.717, 1.165) is 50.9 Å². The Morgan fingerprint density at radius 3 is 1.14 bits per heavy atom. The van der Waals surface area contributed by atoms with Gasteiger partial charge in [-0.2, -0.15) is 0 Å². The second-order valence-corrected chi connectivity index (χ2v) is 14.2. The molecule has 0 fully saturated rings. The summed E-state index contributed by atoms with van der Waals surface area (Å²) in [6.07, 6.45) is 0. The number of benzene rings is 9. The number of aromatic nitrogens is 1. The van der Waals surface area contributed by atoms with E-state index >= 15 is 0 Å². The molecule has 3 heteroatoms. The molecule has 1 heterocycles. The van der Waals surface area contributed by atoms with Gasteiger partial charge in [0.05, 0.1) is 11.0 Å². The van der Waals surface area contributed by atoms with Gasteiger partial charge in [-0.1, -0.05) is 133 Å². The fourth-order valence-electron chi connectivity index (χ4n) is 8.13. The van der Waals surface area contributed by atoms with E-state index in [2.05, 4.69) is 251 Å². The molecule has 57 heavy (non-hydrogen) atoms. The highest BCUT2D eigenvalue weighted by Gasteiger charge is 2.20. The average Bonchev–Trinajstić information content (AvgIpc) is 3.63. The first-order valence-corrected chi connectivity index (χ1v) is 19.4. The van der Waals surface area contributed by atoms with Crippen molar-refractivity contribution in [1.82, 2.24) is 4.57 Å². The van der Waals surface area contributed by atoms with E-state index in [9.17, 15) is 0 Å². The zero-order valence-electron chi connectivity index (χ0n) is 31.4. The van der Waals surface area contributed by atoms with Gasteiger partial charge in [0.25, 0.3) is 0 Å². The Labute approximate surface area is 333 Å². The lowest BCUT2D eigenvalue weighted by Crippen LogP contribution is -2.09. The van der Waals surface area contributed by atoms with Crippen molar-refractivity contribution in [2.75, 3.05) is 9.80 Å². The van der Waals surface area contributed by atoms with E-state index in [1.165, 1.54) is 32.9 Å². The van der Waals surface area contributed by atoms with Gasteiger partial charge in [0.15, 0.2) is 0 Å². The van der Waals surface area contributed by atoms with E-state index < -0.39 is 0 Å². The normalized spacial score (nSPS) is 11.2. The molecule has 9 aromatic carbocycles. The predicted molar refractivity (Wildman–Crippen MR) is 241 cm³/mol. The van der Waals surface area contributed by atoms with Crippen LogP contribution in [0.15, 0.2) is 237 Å². The van der Waals surface area contributed by atoms with Crippen LogP contribution in [0.1, 0.15) is 0 Å². The molecule has 0 radical (unpaired) electrons. The molecule has 0 aliphatic heterocycles. The lowest BCUT2D eigenvalue weighted by molar-refractivity contribution is 1.18. The molecule has 0 N–H and O–H groups in total. The minimum absolute atomic E-state index is 1.10. The standard InChI is InChI=1S/C54H39N3/c1-6-18-43(19-7-1)55(44-20-8-2-9-21-44)48-34-30-40(31-35-48)42-38-51(54-52(39-42)50-28-16-17-29-53(50)57(54)47-26-14-5-15-27-47)41-32-36-49(37-33-41)56(45-22-10-3-11-23-45)46-24-12-4-13-25-46/h1-39H. The molecule has 0 bridgehead atoms. The van der Waals surface area contributed by atoms with Crippen molar-refractivity contribution in [3.63, 3.8) is 0 Å². The van der Waals surface area contributed by atoms with Crippen molar-refractivity contribution in [2.45, 2.75) is 0 Å².